The highest BCUT2D eigenvalue weighted by Gasteiger charge is 2.19. The molecule has 1 saturated carbocycles. The first-order valence-electron chi connectivity index (χ1n) is 9.43. The summed E-state index contributed by atoms with van der Waals surface area (Å²) < 4.78 is 7.27. The van der Waals surface area contributed by atoms with Crippen LogP contribution in [0.4, 0.5) is 0 Å². The Kier molecular flexibility index (Phi) is 7.91. The van der Waals surface area contributed by atoms with Gasteiger partial charge in [0, 0.05) is 37.2 Å². The van der Waals surface area contributed by atoms with E-state index < -0.39 is 0 Å². The number of aromatic nitrogens is 1. The van der Waals surface area contributed by atoms with Crippen LogP contribution in [0.1, 0.15) is 55.1 Å². The van der Waals surface area contributed by atoms with Crippen molar-refractivity contribution in [1.82, 2.24) is 15.2 Å². The molecule has 144 valence electrons. The van der Waals surface area contributed by atoms with E-state index in [1.165, 1.54) is 49.6 Å². The van der Waals surface area contributed by atoms with E-state index in [1.807, 2.05) is 6.08 Å². The molecule has 0 saturated heterocycles. The molecule has 0 bridgehead atoms. The monoisotopic (exact) mass is 361 g/mol. The number of ether oxygens (including phenoxy) is 1. The number of carbonyl (C=O) groups excluding carboxylic acids is 2. The molecule has 0 spiro atoms. The molecule has 26 heavy (non-hydrogen) atoms. The molecule has 1 fully saturated rings. The van der Waals surface area contributed by atoms with Crippen molar-refractivity contribution in [1.29, 1.82) is 0 Å². The second kappa shape index (κ2) is 10.2. The summed E-state index contributed by atoms with van der Waals surface area (Å²) in [5.41, 5.74) is 3.51. The third kappa shape index (κ3) is 5.73. The highest BCUT2D eigenvalue weighted by atomic mass is 16.5. The minimum atomic E-state index is -0.269. The maximum atomic E-state index is 11.9. The average Bonchev–Trinajstić information content (AvgIpc) is 2.92. The molecule has 6 nitrogen and oxygen atoms in total. The molecule has 2 rings (SSSR count). The molecular weight excluding hydrogens is 330 g/mol. The van der Waals surface area contributed by atoms with Crippen LogP contribution in [0.3, 0.4) is 0 Å². The van der Waals surface area contributed by atoms with Gasteiger partial charge >= 0.3 is 0 Å². The summed E-state index contributed by atoms with van der Waals surface area (Å²) in [4.78, 5) is 23.5. The van der Waals surface area contributed by atoms with Gasteiger partial charge in [-0.15, -0.1) is 0 Å². The van der Waals surface area contributed by atoms with Crippen LogP contribution in [0.2, 0.25) is 0 Å². The van der Waals surface area contributed by atoms with Crippen LogP contribution >= 0.6 is 0 Å². The van der Waals surface area contributed by atoms with E-state index in [2.05, 4.69) is 35.1 Å². The van der Waals surface area contributed by atoms with E-state index in [0.29, 0.717) is 19.2 Å². The summed E-state index contributed by atoms with van der Waals surface area (Å²) >= 11 is 0. The predicted octanol–water partition coefficient (Wildman–Crippen LogP) is 2.50. The van der Waals surface area contributed by atoms with Gasteiger partial charge < -0.3 is 19.9 Å². The minimum absolute atomic E-state index is 0.0337. The number of carbonyl (C=O) groups is 2. The summed E-state index contributed by atoms with van der Waals surface area (Å²) in [5, 5.41) is 5.26. The summed E-state index contributed by atoms with van der Waals surface area (Å²) in [7, 11) is 1.57. The zero-order valence-corrected chi connectivity index (χ0v) is 16.1. The van der Waals surface area contributed by atoms with Crippen LogP contribution in [0.25, 0.3) is 6.08 Å². The smallest absolute Gasteiger partial charge is 0.244 e. The van der Waals surface area contributed by atoms with Crippen LogP contribution in [0.5, 0.6) is 0 Å². The van der Waals surface area contributed by atoms with Crippen LogP contribution in [0, 0.1) is 13.8 Å². The normalized spacial score (nSPS) is 15.3. The molecule has 1 heterocycles. The minimum Gasteiger partial charge on any atom is -0.383 e. The van der Waals surface area contributed by atoms with Crippen molar-refractivity contribution in [2.24, 2.45) is 0 Å². The summed E-state index contributed by atoms with van der Waals surface area (Å²) in [6, 6.07) is 2.71. The van der Waals surface area contributed by atoms with Crippen molar-refractivity contribution in [3.63, 3.8) is 0 Å². The molecule has 1 aliphatic rings. The first-order valence-corrected chi connectivity index (χ1v) is 9.43. The van der Waals surface area contributed by atoms with Crippen LogP contribution in [0.15, 0.2) is 12.1 Å². The van der Waals surface area contributed by atoms with Crippen molar-refractivity contribution in [3.05, 3.63) is 29.1 Å². The van der Waals surface area contributed by atoms with Gasteiger partial charge in [0.15, 0.2) is 0 Å². The van der Waals surface area contributed by atoms with E-state index >= 15 is 0 Å². The molecular formula is C20H31N3O3. The van der Waals surface area contributed by atoms with E-state index in [4.69, 9.17) is 4.74 Å². The Morgan fingerprint density at radius 3 is 2.65 bits per heavy atom. The van der Waals surface area contributed by atoms with Gasteiger partial charge in [-0.1, -0.05) is 19.3 Å². The van der Waals surface area contributed by atoms with Gasteiger partial charge in [0.1, 0.15) is 0 Å². The summed E-state index contributed by atoms with van der Waals surface area (Å²) in [6.07, 6.45) is 9.72. The van der Waals surface area contributed by atoms with Gasteiger partial charge in [-0.2, -0.15) is 0 Å². The van der Waals surface area contributed by atoms with Gasteiger partial charge in [0.2, 0.25) is 11.8 Å². The molecule has 0 atom stereocenters. The number of nitrogens with one attached hydrogen (secondary N) is 2. The Morgan fingerprint density at radius 1 is 1.23 bits per heavy atom. The molecule has 2 amide bonds. The topological polar surface area (TPSA) is 72.4 Å². The Hall–Kier alpha value is -2.08. The second-order valence-corrected chi connectivity index (χ2v) is 6.88. The van der Waals surface area contributed by atoms with Crippen LogP contribution < -0.4 is 10.6 Å². The zero-order valence-electron chi connectivity index (χ0n) is 16.1. The molecule has 1 aliphatic carbocycles. The number of hydrogen-bond donors (Lipinski definition) is 2. The van der Waals surface area contributed by atoms with E-state index in [1.54, 1.807) is 7.11 Å². The maximum absolute atomic E-state index is 11.9. The number of rotatable bonds is 8. The van der Waals surface area contributed by atoms with Crippen LogP contribution in [-0.2, 0) is 14.3 Å². The molecule has 0 aliphatic heterocycles. The van der Waals surface area contributed by atoms with E-state index in [0.717, 1.165) is 5.56 Å². The molecule has 1 aromatic rings. The molecule has 6 heteroatoms. The van der Waals surface area contributed by atoms with Gasteiger partial charge in [-0.3, -0.25) is 9.59 Å². The summed E-state index contributed by atoms with van der Waals surface area (Å²) in [6.45, 7) is 5.10. The van der Waals surface area contributed by atoms with Gasteiger partial charge in [-0.05, 0) is 44.4 Å². The quantitative estimate of drug-likeness (QED) is 0.552. The summed E-state index contributed by atoms with van der Waals surface area (Å²) in [5.74, 6) is -0.492. The molecule has 0 radical (unpaired) electrons. The highest BCUT2D eigenvalue weighted by molar-refractivity contribution is 5.94. The number of amides is 2. The number of hydrogen-bond acceptors (Lipinski definition) is 3. The van der Waals surface area contributed by atoms with Crippen molar-refractivity contribution in [2.45, 2.75) is 52.0 Å². The van der Waals surface area contributed by atoms with E-state index in [-0.39, 0.29) is 18.4 Å². The SMILES string of the molecule is COCCNC(=O)CNC(=O)/C=C/c1cc(C)n(C2CCCCC2)c1C. The van der Waals surface area contributed by atoms with Gasteiger partial charge in [0.05, 0.1) is 13.2 Å². The third-order valence-corrected chi connectivity index (χ3v) is 4.93. The number of nitrogens with zero attached hydrogens (tertiary/aromatic N) is 1. The van der Waals surface area contributed by atoms with Crippen molar-refractivity contribution < 1.29 is 14.3 Å². The lowest BCUT2D eigenvalue weighted by molar-refractivity contribution is -0.124. The number of methoxy groups -OCH3 is 1. The molecule has 1 aromatic heterocycles. The van der Waals surface area contributed by atoms with Gasteiger partial charge in [-0.25, -0.2) is 0 Å². The fourth-order valence-corrected chi connectivity index (χ4v) is 3.62. The lowest BCUT2D eigenvalue weighted by Gasteiger charge is -2.26. The highest BCUT2D eigenvalue weighted by Crippen LogP contribution is 2.32. The van der Waals surface area contributed by atoms with Crippen molar-refractivity contribution in [2.75, 3.05) is 26.8 Å². The first kappa shape index (κ1) is 20.2. The predicted molar refractivity (Wildman–Crippen MR) is 103 cm³/mol. The van der Waals surface area contributed by atoms with Gasteiger partial charge in [0.25, 0.3) is 0 Å². The van der Waals surface area contributed by atoms with E-state index in [9.17, 15) is 9.59 Å². The lowest BCUT2D eigenvalue weighted by atomic mass is 9.95. The van der Waals surface area contributed by atoms with Crippen molar-refractivity contribution >= 4 is 17.9 Å². The maximum Gasteiger partial charge on any atom is 0.244 e. The lowest BCUT2D eigenvalue weighted by Crippen LogP contribution is -2.37. The first-order chi connectivity index (χ1) is 12.5. The molecule has 0 aromatic carbocycles. The van der Waals surface area contributed by atoms with Crippen molar-refractivity contribution in [3.8, 4) is 0 Å². The standard InChI is InChI=1S/C20H31N3O3/c1-15-13-17(16(2)23(15)18-7-5-4-6-8-18)9-10-19(24)22-14-20(25)21-11-12-26-3/h9-10,13,18H,4-8,11-12,14H2,1-3H3,(H,21,25)(H,22,24)/b10-9+. The second-order valence-electron chi connectivity index (χ2n) is 6.88. The third-order valence-electron chi connectivity index (χ3n) is 4.93. The fraction of sp³-hybridized carbons (Fsp3) is 0.600. The fourth-order valence-electron chi connectivity index (χ4n) is 3.62. The Balaban J connectivity index is 1.89. The number of aryl methyl sites for hydroxylation is 1. The Labute approximate surface area is 156 Å². The zero-order chi connectivity index (χ0) is 18.9. The van der Waals surface area contributed by atoms with Crippen LogP contribution in [-0.4, -0.2) is 43.2 Å². The Bertz CT molecular complexity index is 643. The molecule has 0 unspecified atom stereocenters. The average molecular weight is 361 g/mol. The Morgan fingerprint density at radius 2 is 1.96 bits per heavy atom. The molecule has 2 N–H and O–H groups in total. The largest absolute Gasteiger partial charge is 0.383 e.